The molecule has 5 heteroatoms. The normalized spacial score (nSPS) is 12.3. The Bertz CT molecular complexity index is 808. The Hall–Kier alpha value is -2.53. The highest BCUT2D eigenvalue weighted by Gasteiger charge is 2.12. The first kappa shape index (κ1) is 14.4. The Morgan fingerprint density at radius 3 is 2.73 bits per heavy atom. The van der Waals surface area contributed by atoms with Crippen LogP contribution in [0.2, 0.25) is 0 Å². The van der Waals surface area contributed by atoms with Crippen LogP contribution in [0.3, 0.4) is 0 Å². The van der Waals surface area contributed by atoms with Gasteiger partial charge in [-0.25, -0.2) is 8.78 Å². The van der Waals surface area contributed by atoms with E-state index in [2.05, 4.69) is 10.3 Å². The summed E-state index contributed by atoms with van der Waals surface area (Å²) in [6.07, 6.45) is 0.574. The van der Waals surface area contributed by atoms with E-state index in [1.807, 2.05) is 0 Å². The topological polar surface area (TPSA) is 45.1 Å². The van der Waals surface area contributed by atoms with Gasteiger partial charge in [0, 0.05) is 35.4 Å². The van der Waals surface area contributed by atoms with Crippen LogP contribution >= 0.6 is 0 Å². The maximum atomic E-state index is 13.6. The average molecular weight is 300 g/mol. The Labute approximate surface area is 126 Å². The van der Waals surface area contributed by atoms with Gasteiger partial charge in [-0.2, -0.15) is 0 Å². The molecule has 0 aliphatic rings. The molecule has 3 aromatic rings. The predicted octanol–water partition coefficient (Wildman–Crippen LogP) is 3.66. The number of fused-ring (bicyclic) bond motifs is 1. The molecule has 0 amide bonds. The van der Waals surface area contributed by atoms with Crippen molar-refractivity contribution in [3.05, 3.63) is 71.9 Å². The average Bonchev–Trinajstić information content (AvgIpc) is 2.52. The van der Waals surface area contributed by atoms with Crippen LogP contribution < -0.4 is 5.32 Å². The zero-order valence-corrected chi connectivity index (χ0v) is 11.6. The van der Waals surface area contributed by atoms with Gasteiger partial charge in [0.25, 0.3) is 0 Å². The van der Waals surface area contributed by atoms with Gasteiger partial charge in [-0.05, 0) is 24.3 Å². The van der Waals surface area contributed by atoms with Crippen LogP contribution in [0.15, 0.2) is 54.7 Å². The van der Waals surface area contributed by atoms with Gasteiger partial charge in [0.05, 0.1) is 11.6 Å². The molecule has 0 spiro atoms. The molecule has 1 unspecified atom stereocenters. The first-order valence-corrected chi connectivity index (χ1v) is 6.86. The Kier molecular flexibility index (Phi) is 3.98. The molecule has 0 radical (unpaired) electrons. The number of aliphatic hydroxyl groups is 1. The summed E-state index contributed by atoms with van der Waals surface area (Å²) in [6, 6.07) is 12.1. The molecule has 1 atom stereocenters. The molecule has 0 saturated heterocycles. The third kappa shape index (κ3) is 2.89. The van der Waals surface area contributed by atoms with Gasteiger partial charge >= 0.3 is 0 Å². The highest BCUT2D eigenvalue weighted by Crippen LogP contribution is 2.24. The van der Waals surface area contributed by atoms with Crippen molar-refractivity contribution in [2.75, 3.05) is 11.9 Å². The number of nitrogens with one attached hydrogen (secondary N) is 1. The smallest absolute Gasteiger partial charge is 0.129 e. The lowest BCUT2D eigenvalue weighted by Crippen LogP contribution is -2.13. The first-order valence-electron chi connectivity index (χ1n) is 6.86. The molecule has 2 N–H and O–H groups in total. The second kappa shape index (κ2) is 6.07. The van der Waals surface area contributed by atoms with Crippen molar-refractivity contribution in [2.24, 2.45) is 0 Å². The molecule has 0 aliphatic carbocycles. The molecule has 2 aromatic carbocycles. The maximum absolute atomic E-state index is 13.6. The van der Waals surface area contributed by atoms with Gasteiger partial charge in [-0.15, -0.1) is 0 Å². The Balaban J connectivity index is 1.81. The molecule has 0 bridgehead atoms. The van der Waals surface area contributed by atoms with Crippen molar-refractivity contribution in [3.8, 4) is 0 Å². The van der Waals surface area contributed by atoms with Gasteiger partial charge in [-0.3, -0.25) is 4.98 Å². The lowest BCUT2D eigenvalue weighted by atomic mass is 10.1. The standard InChI is InChI=1S/C17H14F2N2O/c18-11-5-6-13-15(7-8-20-16(13)9-11)21-10-17(22)12-3-1-2-4-14(12)19/h1-9,17,22H,10H2,(H,20,21). The van der Waals surface area contributed by atoms with Crippen molar-refractivity contribution in [1.29, 1.82) is 0 Å². The van der Waals surface area contributed by atoms with Gasteiger partial charge in [0.1, 0.15) is 11.6 Å². The molecule has 22 heavy (non-hydrogen) atoms. The maximum Gasteiger partial charge on any atom is 0.129 e. The lowest BCUT2D eigenvalue weighted by Gasteiger charge is -2.15. The number of hydrogen-bond acceptors (Lipinski definition) is 3. The molecule has 3 nitrogen and oxygen atoms in total. The second-order valence-electron chi connectivity index (χ2n) is 4.94. The zero-order chi connectivity index (χ0) is 15.5. The van der Waals surface area contributed by atoms with Crippen LogP contribution in [0.4, 0.5) is 14.5 Å². The highest BCUT2D eigenvalue weighted by atomic mass is 19.1. The minimum Gasteiger partial charge on any atom is -0.386 e. The minimum atomic E-state index is -0.982. The van der Waals surface area contributed by atoms with Crippen LogP contribution in [0.1, 0.15) is 11.7 Å². The second-order valence-corrected chi connectivity index (χ2v) is 4.94. The summed E-state index contributed by atoms with van der Waals surface area (Å²) in [6.45, 7) is 0.136. The highest BCUT2D eigenvalue weighted by molar-refractivity contribution is 5.90. The molecular weight excluding hydrogens is 286 g/mol. The zero-order valence-electron chi connectivity index (χ0n) is 11.6. The predicted molar refractivity (Wildman–Crippen MR) is 81.6 cm³/mol. The minimum absolute atomic E-state index is 0.136. The summed E-state index contributed by atoms with van der Waals surface area (Å²) in [5.41, 5.74) is 1.46. The van der Waals surface area contributed by atoms with E-state index in [9.17, 15) is 13.9 Å². The Morgan fingerprint density at radius 1 is 1.09 bits per heavy atom. The fraction of sp³-hybridized carbons (Fsp3) is 0.118. The van der Waals surface area contributed by atoms with Crippen LogP contribution in [0.25, 0.3) is 10.9 Å². The number of aliphatic hydroxyl groups excluding tert-OH is 1. The number of benzene rings is 2. The first-order chi connectivity index (χ1) is 10.6. The number of pyridine rings is 1. The fourth-order valence-corrected chi connectivity index (χ4v) is 2.34. The third-order valence-corrected chi connectivity index (χ3v) is 3.45. The third-order valence-electron chi connectivity index (χ3n) is 3.45. The van der Waals surface area contributed by atoms with E-state index in [-0.39, 0.29) is 17.9 Å². The van der Waals surface area contributed by atoms with E-state index in [4.69, 9.17) is 0 Å². The molecule has 0 saturated carbocycles. The molecule has 3 rings (SSSR count). The molecule has 0 fully saturated rings. The van der Waals surface area contributed by atoms with Gasteiger partial charge in [0.2, 0.25) is 0 Å². The van der Waals surface area contributed by atoms with Crippen molar-refractivity contribution < 1.29 is 13.9 Å². The molecule has 112 valence electrons. The quantitative estimate of drug-likeness (QED) is 0.773. The van der Waals surface area contributed by atoms with Crippen molar-refractivity contribution in [2.45, 2.75) is 6.10 Å². The summed E-state index contributed by atoms with van der Waals surface area (Å²) in [5, 5.41) is 13.9. The molecular formula is C17H14F2N2O. The summed E-state index contributed by atoms with van der Waals surface area (Å²) >= 11 is 0. The molecule has 1 aromatic heterocycles. The summed E-state index contributed by atoms with van der Waals surface area (Å²) in [4.78, 5) is 4.10. The van der Waals surface area contributed by atoms with E-state index in [1.54, 1.807) is 36.5 Å². The van der Waals surface area contributed by atoms with E-state index in [0.29, 0.717) is 11.2 Å². The molecule has 0 aliphatic heterocycles. The van der Waals surface area contributed by atoms with E-state index in [0.717, 1.165) is 5.39 Å². The SMILES string of the molecule is OC(CNc1ccnc2cc(F)ccc12)c1ccccc1F. The number of hydrogen-bond donors (Lipinski definition) is 2. The van der Waals surface area contributed by atoms with Crippen molar-refractivity contribution >= 4 is 16.6 Å². The Morgan fingerprint density at radius 2 is 1.91 bits per heavy atom. The summed E-state index contributed by atoms with van der Waals surface area (Å²) in [7, 11) is 0. The number of anilines is 1. The number of rotatable bonds is 4. The van der Waals surface area contributed by atoms with Crippen LogP contribution in [0.5, 0.6) is 0 Å². The number of halogens is 2. The van der Waals surface area contributed by atoms with E-state index in [1.165, 1.54) is 18.2 Å². The summed E-state index contributed by atoms with van der Waals surface area (Å²) in [5.74, 6) is -0.804. The molecule has 1 heterocycles. The van der Waals surface area contributed by atoms with Crippen LogP contribution in [-0.4, -0.2) is 16.6 Å². The lowest BCUT2D eigenvalue weighted by molar-refractivity contribution is 0.186. The largest absolute Gasteiger partial charge is 0.386 e. The van der Waals surface area contributed by atoms with Gasteiger partial charge in [0.15, 0.2) is 0 Å². The van der Waals surface area contributed by atoms with Crippen LogP contribution in [-0.2, 0) is 0 Å². The van der Waals surface area contributed by atoms with Gasteiger partial charge in [-0.1, -0.05) is 18.2 Å². The fourth-order valence-electron chi connectivity index (χ4n) is 2.34. The van der Waals surface area contributed by atoms with Crippen molar-refractivity contribution in [1.82, 2.24) is 4.98 Å². The van der Waals surface area contributed by atoms with Crippen molar-refractivity contribution in [3.63, 3.8) is 0 Å². The van der Waals surface area contributed by atoms with Gasteiger partial charge < -0.3 is 10.4 Å². The summed E-state index contributed by atoms with van der Waals surface area (Å²) < 4.78 is 26.8. The van der Waals surface area contributed by atoms with E-state index < -0.39 is 11.9 Å². The number of nitrogens with zero attached hydrogens (tertiary/aromatic N) is 1. The van der Waals surface area contributed by atoms with Crippen LogP contribution in [0, 0.1) is 11.6 Å². The monoisotopic (exact) mass is 300 g/mol. The number of aromatic nitrogens is 1. The van der Waals surface area contributed by atoms with E-state index >= 15 is 0 Å².